The van der Waals surface area contributed by atoms with E-state index >= 15 is 0 Å². The Balaban J connectivity index is 1.96. The molecule has 1 saturated carbocycles. The molecule has 1 aromatic rings. The maximum Gasteiger partial charge on any atom is 0.105 e. The zero-order valence-corrected chi connectivity index (χ0v) is 7.68. The Morgan fingerprint density at radius 3 is 2.75 bits per heavy atom. The minimum absolute atomic E-state index is 0.777. The van der Waals surface area contributed by atoms with Crippen molar-refractivity contribution >= 4 is 0 Å². The van der Waals surface area contributed by atoms with Crippen LogP contribution < -0.4 is 5.32 Å². The van der Waals surface area contributed by atoms with E-state index in [1.807, 2.05) is 13.8 Å². The van der Waals surface area contributed by atoms with Crippen LogP contribution in [0.25, 0.3) is 0 Å². The molecule has 2 heteroatoms. The van der Waals surface area contributed by atoms with Gasteiger partial charge in [0.1, 0.15) is 11.5 Å². The molecule has 0 saturated heterocycles. The topological polar surface area (TPSA) is 25.2 Å². The molecule has 0 bridgehead atoms. The Kier molecular flexibility index (Phi) is 1.93. The second-order valence-electron chi connectivity index (χ2n) is 3.59. The van der Waals surface area contributed by atoms with Gasteiger partial charge in [-0.15, -0.1) is 0 Å². The van der Waals surface area contributed by atoms with E-state index in [1.165, 1.54) is 18.4 Å². The van der Waals surface area contributed by atoms with Crippen molar-refractivity contribution in [2.24, 2.45) is 0 Å². The van der Waals surface area contributed by atoms with Gasteiger partial charge < -0.3 is 9.73 Å². The number of nitrogens with one attached hydrogen (secondary N) is 1. The minimum atomic E-state index is 0.777. The molecule has 0 radical (unpaired) electrons. The zero-order chi connectivity index (χ0) is 8.55. The highest BCUT2D eigenvalue weighted by Crippen LogP contribution is 2.20. The van der Waals surface area contributed by atoms with Gasteiger partial charge in [-0.2, -0.15) is 0 Å². The van der Waals surface area contributed by atoms with Crippen LogP contribution in [-0.4, -0.2) is 6.04 Å². The van der Waals surface area contributed by atoms with E-state index in [9.17, 15) is 0 Å². The Hall–Kier alpha value is -0.760. The molecule has 1 heterocycles. The summed E-state index contributed by atoms with van der Waals surface area (Å²) in [5, 5.41) is 3.47. The van der Waals surface area contributed by atoms with Crippen molar-refractivity contribution in [3.8, 4) is 0 Å². The molecule has 2 rings (SSSR count). The Morgan fingerprint density at radius 1 is 1.50 bits per heavy atom. The fourth-order valence-electron chi connectivity index (χ4n) is 1.40. The smallest absolute Gasteiger partial charge is 0.105 e. The van der Waals surface area contributed by atoms with Crippen LogP contribution >= 0.6 is 0 Å². The predicted octanol–water partition coefficient (Wildman–Crippen LogP) is 2.15. The lowest BCUT2D eigenvalue weighted by Crippen LogP contribution is -2.15. The van der Waals surface area contributed by atoms with Crippen LogP contribution in [0.2, 0.25) is 0 Å². The summed E-state index contributed by atoms with van der Waals surface area (Å²) in [5.74, 6) is 2.07. The fourth-order valence-corrected chi connectivity index (χ4v) is 1.40. The van der Waals surface area contributed by atoms with Gasteiger partial charge in [0.05, 0.1) is 0 Å². The van der Waals surface area contributed by atoms with Gasteiger partial charge in [-0.25, -0.2) is 0 Å². The van der Waals surface area contributed by atoms with Gasteiger partial charge >= 0.3 is 0 Å². The first-order chi connectivity index (χ1) is 5.75. The summed E-state index contributed by atoms with van der Waals surface area (Å²) in [6.07, 6.45) is 2.69. The van der Waals surface area contributed by atoms with Crippen molar-refractivity contribution < 1.29 is 4.42 Å². The molecule has 1 aliphatic carbocycles. The molecule has 0 aliphatic heterocycles. The maximum absolute atomic E-state index is 5.43. The number of hydrogen-bond acceptors (Lipinski definition) is 2. The van der Waals surface area contributed by atoms with Crippen LogP contribution in [0.15, 0.2) is 10.5 Å². The SMILES string of the molecule is Cc1cc(CNC2CC2)c(C)o1. The molecule has 1 aromatic heterocycles. The van der Waals surface area contributed by atoms with Gasteiger partial charge in [-0.3, -0.25) is 0 Å². The summed E-state index contributed by atoms with van der Waals surface area (Å²) in [6, 6.07) is 2.89. The summed E-state index contributed by atoms with van der Waals surface area (Å²) in [5.41, 5.74) is 1.31. The summed E-state index contributed by atoms with van der Waals surface area (Å²) < 4.78 is 5.43. The molecule has 12 heavy (non-hydrogen) atoms. The van der Waals surface area contributed by atoms with E-state index in [0.717, 1.165) is 24.1 Å². The van der Waals surface area contributed by atoms with Crippen molar-refractivity contribution in [3.63, 3.8) is 0 Å². The van der Waals surface area contributed by atoms with Crippen LogP contribution in [-0.2, 0) is 6.54 Å². The Bertz CT molecular complexity index is 273. The molecule has 2 nitrogen and oxygen atoms in total. The van der Waals surface area contributed by atoms with Gasteiger partial charge in [0.2, 0.25) is 0 Å². The molecule has 0 unspecified atom stereocenters. The van der Waals surface area contributed by atoms with Gasteiger partial charge in [-0.05, 0) is 32.8 Å². The first-order valence-electron chi connectivity index (χ1n) is 4.55. The van der Waals surface area contributed by atoms with E-state index in [4.69, 9.17) is 4.42 Å². The predicted molar refractivity (Wildman–Crippen MR) is 48.0 cm³/mol. The highest BCUT2D eigenvalue weighted by molar-refractivity contribution is 5.20. The highest BCUT2D eigenvalue weighted by atomic mass is 16.3. The van der Waals surface area contributed by atoms with Crippen molar-refractivity contribution in [3.05, 3.63) is 23.2 Å². The normalized spacial score (nSPS) is 16.8. The first kappa shape index (κ1) is 7.87. The second-order valence-corrected chi connectivity index (χ2v) is 3.59. The third kappa shape index (κ3) is 1.69. The van der Waals surface area contributed by atoms with E-state index < -0.39 is 0 Å². The van der Waals surface area contributed by atoms with Gasteiger partial charge in [0.25, 0.3) is 0 Å². The molecular formula is C10H15NO. The first-order valence-corrected chi connectivity index (χ1v) is 4.55. The average molecular weight is 165 g/mol. The van der Waals surface area contributed by atoms with Crippen LogP contribution in [0.4, 0.5) is 0 Å². The van der Waals surface area contributed by atoms with Crippen molar-refractivity contribution in [1.29, 1.82) is 0 Å². The summed E-state index contributed by atoms with van der Waals surface area (Å²) in [7, 11) is 0. The summed E-state index contributed by atoms with van der Waals surface area (Å²) in [4.78, 5) is 0. The average Bonchev–Trinajstić information content (AvgIpc) is 2.76. The molecule has 1 aliphatic rings. The molecule has 0 amide bonds. The Morgan fingerprint density at radius 2 is 2.25 bits per heavy atom. The van der Waals surface area contributed by atoms with Crippen molar-refractivity contribution in [1.82, 2.24) is 5.32 Å². The lowest BCUT2D eigenvalue weighted by atomic mass is 10.2. The van der Waals surface area contributed by atoms with Gasteiger partial charge in [0.15, 0.2) is 0 Å². The van der Waals surface area contributed by atoms with E-state index in [0.29, 0.717) is 0 Å². The molecule has 1 N–H and O–H groups in total. The van der Waals surface area contributed by atoms with Gasteiger partial charge in [0, 0.05) is 18.2 Å². The number of rotatable bonds is 3. The lowest BCUT2D eigenvalue weighted by molar-refractivity contribution is 0.499. The summed E-state index contributed by atoms with van der Waals surface area (Å²) in [6.45, 7) is 4.98. The van der Waals surface area contributed by atoms with Crippen molar-refractivity contribution in [2.75, 3.05) is 0 Å². The second kappa shape index (κ2) is 2.94. The molecule has 0 spiro atoms. The monoisotopic (exact) mass is 165 g/mol. The minimum Gasteiger partial charge on any atom is -0.466 e. The maximum atomic E-state index is 5.43. The molecule has 1 fully saturated rings. The lowest BCUT2D eigenvalue weighted by Gasteiger charge is -1.99. The van der Waals surface area contributed by atoms with E-state index in [2.05, 4.69) is 11.4 Å². The standard InChI is InChI=1S/C10H15NO/c1-7-5-9(8(2)12-7)6-11-10-3-4-10/h5,10-11H,3-4,6H2,1-2H3. The van der Waals surface area contributed by atoms with Gasteiger partial charge in [-0.1, -0.05) is 0 Å². The van der Waals surface area contributed by atoms with Crippen LogP contribution in [0.1, 0.15) is 29.9 Å². The Labute approximate surface area is 73.0 Å². The third-order valence-corrected chi connectivity index (χ3v) is 2.30. The molecular weight excluding hydrogens is 150 g/mol. The zero-order valence-electron chi connectivity index (χ0n) is 7.68. The quantitative estimate of drug-likeness (QED) is 0.742. The number of hydrogen-bond donors (Lipinski definition) is 1. The van der Waals surface area contributed by atoms with Crippen LogP contribution in [0.3, 0.4) is 0 Å². The molecule has 0 aromatic carbocycles. The molecule has 66 valence electrons. The van der Waals surface area contributed by atoms with Crippen LogP contribution in [0, 0.1) is 13.8 Å². The molecule has 0 atom stereocenters. The fraction of sp³-hybridized carbons (Fsp3) is 0.600. The third-order valence-electron chi connectivity index (χ3n) is 2.30. The summed E-state index contributed by atoms with van der Waals surface area (Å²) >= 11 is 0. The highest BCUT2D eigenvalue weighted by Gasteiger charge is 2.20. The van der Waals surface area contributed by atoms with Crippen molar-refractivity contribution in [2.45, 2.75) is 39.3 Å². The number of aryl methyl sites for hydroxylation is 2. The number of furan rings is 1. The van der Waals surface area contributed by atoms with Crippen LogP contribution in [0.5, 0.6) is 0 Å². The van der Waals surface area contributed by atoms with E-state index in [1.54, 1.807) is 0 Å². The van der Waals surface area contributed by atoms with E-state index in [-0.39, 0.29) is 0 Å². The largest absolute Gasteiger partial charge is 0.466 e.